The maximum absolute atomic E-state index is 13.5. The van der Waals surface area contributed by atoms with Crippen LogP contribution >= 0.6 is 11.3 Å². The van der Waals surface area contributed by atoms with E-state index in [9.17, 15) is 22.8 Å². The highest BCUT2D eigenvalue weighted by molar-refractivity contribution is 7.17. The van der Waals surface area contributed by atoms with Crippen molar-refractivity contribution in [1.82, 2.24) is 20.5 Å². The summed E-state index contributed by atoms with van der Waals surface area (Å²) in [4.78, 5) is 29.6. The van der Waals surface area contributed by atoms with Crippen LogP contribution < -0.4 is 15.4 Å². The number of hydrogen-bond donors (Lipinski definition) is 2. The largest absolute Gasteiger partial charge is 0.477 e. The molecule has 0 unspecified atom stereocenters. The van der Waals surface area contributed by atoms with Gasteiger partial charge in [-0.3, -0.25) is 4.79 Å². The molecule has 0 spiro atoms. The van der Waals surface area contributed by atoms with E-state index < -0.39 is 17.6 Å². The van der Waals surface area contributed by atoms with E-state index in [0.717, 1.165) is 30.2 Å². The maximum atomic E-state index is 13.5. The first-order chi connectivity index (χ1) is 13.8. The second kappa shape index (κ2) is 7.36. The average Bonchev–Trinajstić information content (AvgIpc) is 3.34. The number of urea groups is 1. The molecule has 2 aromatic rings. The zero-order chi connectivity index (χ0) is 20.8. The van der Waals surface area contributed by atoms with Crippen molar-refractivity contribution in [3.63, 3.8) is 0 Å². The highest BCUT2D eigenvalue weighted by Crippen LogP contribution is 2.40. The minimum Gasteiger partial charge on any atom is -0.477 e. The number of nitrogens with one attached hydrogen (secondary N) is 2. The lowest BCUT2D eigenvalue weighted by Crippen LogP contribution is -2.55. The van der Waals surface area contributed by atoms with E-state index >= 15 is 0 Å². The number of carbonyl (C=O) groups is 2. The number of carbonyl (C=O) groups excluding carboxylic acids is 2. The van der Waals surface area contributed by atoms with Gasteiger partial charge in [0.1, 0.15) is 0 Å². The molecule has 7 nitrogen and oxygen atoms in total. The van der Waals surface area contributed by atoms with Crippen molar-refractivity contribution < 1.29 is 27.5 Å². The highest BCUT2D eigenvalue weighted by Gasteiger charge is 2.37. The van der Waals surface area contributed by atoms with Crippen LogP contribution in [0, 0.1) is 5.92 Å². The number of pyridine rings is 1. The third-order valence-electron chi connectivity index (χ3n) is 4.89. The lowest BCUT2D eigenvalue weighted by Gasteiger charge is -2.38. The Morgan fingerprint density at radius 1 is 1.34 bits per heavy atom. The Morgan fingerprint density at radius 2 is 2.07 bits per heavy atom. The first kappa shape index (κ1) is 19.7. The molecule has 2 aromatic heterocycles. The van der Waals surface area contributed by atoms with Gasteiger partial charge in [0.2, 0.25) is 5.88 Å². The number of halogens is 3. The maximum Gasteiger partial charge on any atom is 0.418 e. The average molecular weight is 428 g/mol. The van der Waals surface area contributed by atoms with Crippen molar-refractivity contribution >= 4 is 33.5 Å². The van der Waals surface area contributed by atoms with E-state index in [1.807, 2.05) is 0 Å². The minimum absolute atomic E-state index is 0.0210. The predicted octanol–water partition coefficient (Wildman–Crippen LogP) is 2.86. The molecule has 2 fully saturated rings. The fourth-order valence-corrected chi connectivity index (χ4v) is 4.13. The van der Waals surface area contributed by atoms with Crippen molar-refractivity contribution in [1.29, 1.82) is 0 Å². The number of amides is 3. The molecular weight excluding hydrogens is 409 g/mol. The first-order valence-electron chi connectivity index (χ1n) is 9.16. The van der Waals surface area contributed by atoms with Gasteiger partial charge < -0.3 is 20.3 Å². The number of alkyl halides is 3. The standard InChI is InChI=1S/C18H19F3N4O3S/c1-22-16(26)11-8-29-15-12(18(19,20)21)4-13(24-14(11)15)28-7-9-5-25(6-9)17(27)23-10-2-3-10/h4,8-10H,2-3,5-7H2,1H3,(H,22,26)(H,23,27). The van der Waals surface area contributed by atoms with E-state index in [1.54, 1.807) is 4.90 Å². The molecule has 1 saturated carbocycles. The van der Waals surface area contributed by atoms with Crippen LogP contribution in [0.1, 0.15) is 28.8 Å². The van der Waals surface area contributed by atoms with Crippen molar-refractivity contribution in [3.05, 3.63) is 22.6 Å². The molecule has 0 radical (unpaired) electrons. The summed E-state index contributed by atoms with van der Waals surface area (Å²) in [5, 5.41) is 6.65. The molecule has 1 saturated heterocycles. The topological polar surface area (TPSA) is 83.6 Å². The van der Waals surface area contributed by atoms with Crippen LogP contribution in [-0.4, -0.2) is 54.6 Å². The Hall–Kier alpha value is -2.56. The van der Waals surface area contributed by atoms with Gasteiger partial charge >= 0.3 is 12.2 Å². The molecule has 3 amide bonds. The molecule has 4 rings (SSSR count). The number of hydrogen-bond acceptors (Lipinski definition) is 5. The molecule has 2 aliphatic rings. The summed E-state index contributed by atoms with van der Waals surface area (Å²) in [6.07, 6.45) is -2.59. The minimum atomic E-state index is -4.60. The number of rotatable bonds is 5. The Kier molecular flexibility index (Phi) is 5.01. The van der Waals surface area contributed by atoms with E-state index in [1.165, 1.54) is 12.4 Å². The van der Waals surface area contributed by atoms with E-state index in [4.69, 9.17) is 4.74 Å². The molecule has 1 aliphatic heterocycles. The Bertz CT molecular complexity index is 952. The Labute approximate surface area is 168 Å². The lowest BCUT2D eigenvalue weighted by atomic mass is 10.0. The van der Waals surface area contributed by atoms with Gasteiger partial charge in [0, 0.05) is 43.5 Å². The Morgan fingerprint density at radius 3 is 2.69 bits per heavy atom. The smallest absolute Gasteiger partial charge is 0.418 e. The van der Waals surface area contributed by atoms with Gasteiger partial charge in [0.05, 0.1) is 28.0 Å². The second-order valence-electron chi connectivity index (χ2n) is 7.22. The van der Waals surface area contributed by atoms with Crippen molar-refractivity contribution in [2.24, 2.45) is 5.92 Å². The van der Waals surface area contributed by atoms with E-state index in [2.05, 4.69) is 15.6 Å². The lowest BCUT2D eigenvalue weighted by molar-refractivity contribution is -0.136. The van der Waals surface area contributed by atoms with Crippen molar-refractivity contribution in [2.75, 3.05) is 26.7 Å². The summed E-state index contributed by atoms with van der Waals surface area (Å²) >= 11 is 0.823. The fourth-order valence-electron chi connectivity index (χ4n) is 3.10. The predicted molar refractivity (Wildman–Crippen MR) is 100 cm³/mol. The normalized spacial score (nSPS) is 17.2. The van der Waals surface area contributed by atoms with Crippen LogP contribution in [0.5, 0.6) is 5.88 Å². The highest BCUT2D eigenvalue weighted by atomic mass is 32.1. The summed E-state index contributed by atoms with van der Waals surface area (Å²) in [7, 11) is 1.40. The third-order valence-corrected chi connectivity index (χ3v) is 5.90. The second-order valence-corrected chi connectivity index (χ2v) is 8.10. The number of fused-ring (bicyclic) bond motifs is 1. The van der Waals surface area contributed by atoms with Crippen LogP contribution in [0.4, 0.5) is 18.0 Å². The molecule has 0 bridgehead atoms. The number of aromatic nitrogens is 1. The summed E-state index contributed by atoms with van der Waals surface area (Å²) in [5.41, 5.74) is -0.829. The number of thiophene rings is 1. The molecule has 156 valence electrons. The molecule has 11 heteroatoms. The molecule has 29 heavy (non-hydrogen) atoms. The van der Waals surface area contributed by atoms with Crippen molar-refractivity contribution in [2.45, 2.75) is 25.1 Å². The first-order valence-corrected chi connectivity index (χ1v) is 10.0. The zero-order valence-electron chi connectivity index (χ0n) is 15.5. The van der Waals surface area contributed by atoms with Gasteiger partial charge in [-0.2, -0.15) is 13.2 Å². The molecule has 3 heterocycles. The summed E-state index contributed by atoms with van der Waals surface area (Å²) in [5.74, 6) is -0.674. The summed E-state index contributed by atoms with van der Waals surface area (Å²) in [6.45, 7) is 1.10. The quantitative estimate of drug-likeness (QED) is 0.767. The number of likely N-dealkylation sites (tertiary alicyclic amines) is 1. The van der Waals surface area contributed by atoms with Crippen LogP contribution in [-0.2, 0) is 6.18 Å². The molecular formula is C18H19F3N4O3S. The summed E-state index contributed by atoms with van der Waals surface area (Å²) < 4.78 is 45.9. The van der Waals surface area contributed by atoms with Gasteiger partial charge in [-0.25, -0.2) is 9.78 Å². The SMILES string of the molecule is CNC(=O)c1csc2c(C(F)(F)F)cc(OCC3CN(C(=O)NC4CC4)C3)nc12. The Balaban J connectivity index is 1.47. The molecule has 0 aromatic carbocycles. The van der Waals surface area contributed by atoms with E-state index in [-0.39, 0.29) is 46.3 Å². The van der Waals surface area contributed by atoms with Crippen LogP contribution in [0.15, 0.2) is 11.4 Å². The van der Waals surface area contributed by atoms with Gasteiger partial charge in [0.25, 0.3) is 5.91 Å². The van der Waals surface area contributed by atoms with Crippen molar-refractivity contribution in [3.8, 4) is 5.88 Å². The third kappa shape index (κ3) is 4.09. The van der Waals surface area contributed by atoms with E-state index in [0.29, 0.717) is 13.1 Å². The van der Waals surface area contributed by atoms with Gasteiger partial charge in [-0.05, 0) is 12.8 Å². The van der Waals surface area contributed by atoms with Crippen LogP contribution in [0.3, 0.4) is 0 Å². The monoisotopic (exact) mass is 428 g/mol. The number of nitrogens with zero attached hydrogens (tertiary/aromatic N) is 2. The molecule has 2 N–H and O–H groups in total. The number of ether oxygens (including phenoxy) is 1. The zero-order valence-corrected chi connectivity index (χ0v) is 16.3. The fraction of sp³-hybridized carbons (Fsp3) is 0.500. The van der Waals surface area contributed by atoms with Crippen LogP contribution in [0.25, 0.3) is 10.2 Å². The van der Waals surface area contributed by atoms with Gasteiger partial charge in [-0.15, -0.1) is 11.3 Å². The van der Waals surface area contributed by atoms with Gasteiger partial charge in [-0.1, -0.05) is 0 Å². The molecule has 0 atom stereocenters. The summed E-state index contributed by atoms with van der Waals surface area (Å²) in [6, 6.07) is 1.02. The molecule has 1 aliphatic carbocycles. The van der Waals surface area contributed by atoms with Gasteiger partial charge in [0.15, 0.2) is 0 Å². The van der Waals surface area contributed by atoms with Crippen LogP contribution in [0.2, 0.25) is 0 Å².